The molecule has 2 unspecified atom stereocenters. The van der Waals surface area contributed by atoms with Crippen LogP contribution in [0.15, 0.2) is 0 Å². The van der Waals surface area contributed by atoms with E-state index < -0.39 is 5.97 Å². The lowest BCUT2D eigenvalue weighted by Gasteiger charge is -2.35. The standard InChI is InChI=1S/C14H26N2O3/c1-3-4-7-15-14(19)16-8-5-6-12(10-16)11(2)9-13(17)18/h11-12H,3-10H2,1-2H3,(H,15,19)(H,17,18). The number of piperidine rings is 1. The van der Waals surface area contributed by atoms with Gasteiger partial charge in [0.15, 0.2) is 0 Å². The van der Waals surface area contributed by atoms with Crippen molar-refractivity contribution < 1.29 is 14.7 Å². The molecule has 5 nitrogen and oxygen atoms in total. The highest BCUT2D eigenvalue weighted by atomic mass is 16.4. The van der Waals surface area contributed by atoms with Crippen molar-refractivity contribution in [3.8, 4) is 0 Å². The minimum absolute atomic E-state index is 0.000625. The van der Waals surface area contributed by atoms with Crippen LogP contribution in [0.4, 0.5) is 4.79 Å². The van der Waals surface area contributed by atoms with Gasteiger partial charge in [-0.05, 0) is 31.1 Å². The van der Waals surface area contributed by atoms with Crippen molar-refractivity contribution in [2.45, 2.75) is 46.0 Å². The molecule has 0 radical (unpaired) electrons. The molecule has 0 aromatic rings. The normalized spacial score (nSPS) is 20.9. The Morgan fingerprint density at radius 2 is 2.21 bits per heavy atom. The number of aliphatic carboxylic acids is 1. The van der Waals surface area contributed by atoms with Crippen LogP contribution in [0.1, 0.15) is 46.0 Å². The van der Waals surface area contributed by atoms with Gasteiger partial charge in [-0.1, -0.05) is 20.3 Å². The summed E-state index contributed by atoms with van der Waals surface area (Å²) < 4.78 is 0. The summed E-state index contributed by atoms with van der Waals surface area (Å²) in [6.45, 7) is 6.26. The van der Waals surface area contributed by atoms with E-state index in [0.29, 0.717) is 12.5 Å². The molecule has 0 aromatic heterocycles. The first-order chi connectivity index (χ1) is 9.04. The molecule has 19 heavy (non-hydrogen) atoms. The summed E-state index contributed by atoms with van der Waals surface area (Å²) in [5.41, 5.74) is 0. The zero-order valence-electron chi connectivity index (χ0n) is 12.0. The maximum atomic E-state index is 12.0. The zero-order valence-corrected chi connectivity index (χ0v) is 12.0. The van der Waals surface area contributed by atoms with Crippen molar-refractivity contribution in [3.05, 3.63) is 0 Å². The van der Waals surface area contributed by atoms with E-state index in [-0.39, 0.29) is 18.4 Å². The Kier molecular flexibility index (Phi) is 6.67. The van der Waals surface area contributed by atoms with Gasteiger partial charge in [-0.3, -0.25) is 4.79 Å². The molecule has 1 heterocycles. The maximum Gasteiger partial charge on any atom is 0.317 e. The Morgan fingerprint density at radius 1 is 1.47 bits per heavy atom. The van der Waals surface area contributed by atoms with Gasteiger partial charge in [0.25, 0.3) is 0 Å². The van der Waals surface area contributed by atoms with Gasteiger partial charge < -0.3 is 15.3 Å². The third-order valence-electron chi connectivity index (χ3n) is 3.85. The maximum absolute atomic E-state index is 12.0. The van der Waals surface area contributed by atoms with Crippen LogP contribution in [0, 0.1) is 11.8 Å². The number of hydrogen-bond donors (Lipinski definition) is 2. The quantitative estimate of drug-likeness (QED) is 0.728. The van der Waals surface area contributed by atoms with Crippen molar-refractivity contribution in [1.82, 2.24) is 10.2 Å². The average Bonchev–Trinajstić information content (AvgIpc) is 2.38. The van der Waals surface area contributed by atoms with E-state index >= 15 is 0 Å². The highest BCUT2D eigenvalue weighted by Crippen LogP contribution is 2.26. The summed E-state index contributed by atoms with van der Waals surface area (Å²) in [6.07, 6.45) is 4.25. The van der Waals surface area contributed by atoms with Crippen molar-refractivity contribution in [2.24, 2.45) is 11.8 Å². The molecule has 1 saturated heterocycles. The van der Waals surface area contributed by atoms with Crippen LogP contribution in [-0.2, 0) is 4.79 Å². The molecule has 2 amide bonds. The molecular weight excluding hydrogens is 244 g/mol. The molecule has 0 aromatic carbocycles. The average molecular weight is 270 g/mol. The number of nitrogens with one attached hydrogen (secondary N) is 1. The van der Waals surface area contributed by atoms with Gasteiger partial charge in [-0.15, -0.1) is 0 Å². The van der Waals surface area contributed by atoms with E-state index in [1.807, 2.05) is 11.8 Å². The summed E-state index contributed by atoms with van der Waals surface area (Å²) in [5, 5.41) is 11.8. The van der Waals surface area contributed by atoms with Crippen LogP contribution >= 0.6 is 0 Å². The third kappa shape index (κ3) is 5.49. The van der Waals surface area contributed by atoms with Gasteiger partial charge in [0.05, 0.1) is 0 Å². The monoisotopic (exact) mass is 270 g/mol. The summed E-state index contributed by atoms with van der Waals surface area (Å²) in [4.78, 5) is 24.5. The van der Waals surface area contributed by atoms with Crippen molar-refractivity contribution in [3.63, 3.8) is 0 Å². The van der Waals surface area contributed by atoms with E-state index in [2.05, 4.69) is 12.2 Å². The summed E-state index contributed by atoms with van der Waals surface area (Å²) in [7, 11) is 0. The van der Waals surface area contributed by atoms with Crippen molar-refractivity contribution >= 4 is 12.0 Å². The van der Waals surface area contributed by atoms with Crippen molar-refractivity contribution in [1.29, 1.82) is 0 Å². The Labute approximate surface area is 115 Å². The molecule has 2 atom stereocenters. The van der Waals surface area contributed by atoms with Crippen LogP contribution in [-0.4, -0.2) is 41.6 Å². The summed E-state index contributed by atoms with van der Waals surface area (Å²) >= 11 is 0. The fourth-order valence-corrected chi connectivity index (χ4v) is 2.58. The number of unbranched alkanes of at least 4 members (excludes halogenated alkanes) is 1. The zero-order chi connectivity index (χ0) is 14.3. The van der Waals surface area contributed by atoms with Gasteiger partial charge in [0.2, 0.25) is 0 Å². The molecule has 0 saturated carbocycles. The first-order valence-corrected chi connectivity index (χ1v) is 7.29. The first-order valence-electron chi connectivity index (χ1n) is 7.29. The first kappa shape index (κ1) is 15.8. The molecule has 0 bridgehead atoms. The second-order valence-electron chi connectivity index (χ2n) is 5.51. The van der Waals surface area contributed by atoms with Gasteiger partial charge in [-0.2, -0.15) is 0 Å². The smallest absolute Gasteiger partial charge is 0.317 e. The largest absolute Gasteiger partial charge is 0.481 e. The molecule has 1 rings (SSSR count). The second kappa shape index (κ2) is 8.02. The van der Waals surface area contributed by atoms with E-state index in [9.17, 15) is 9.59 Å². The molecule has 5 heteroatoms. The Bertz CT molecular complexity index is 307. The summed E-state index contributed by atoms with van der Waals surface area (Å²) in [5.74, 6) is -0.317. The second-order valence-corrected chi connectivity index (χ2v) is 5.51. The van der Waals surface area contributed by atoms with E-state index in [4.69, 9.17) is 5.11 Å². The fraction of sp³-hybridized carbons (Fsp3) is 0.857. The van der Waals surface area contributed by atoms with Crippen LogP contribution in [0.3, 0.4) is 0 Å². The Morgan fingerprint density at radius 3 is 2.84 bits per heavy atom. The van der Waals surface area contributed by atoms with Gasteiger partial charge in [0.1, 0.15) is 0 Å². The minimum atomic E-state index is -0.753. The number of nitrogens with zero attached hydrogens (tertiary/aromatic N) is 1. The number of likely N-dealkylation sites (tertiary alicyclic amines) is 1. The van der Waals surface area contributed by atoms with Crippen LogP contribution in [0.5, 0.6) is 0 Å². The molecule has 0 aliphatic carbocycles. The third-order valence-corrected chi connectivity index (χ3v) is 3.85. The SMILES string of the molecule is CCCCNC(=O)N1CCCC(C(C)CC(=O)O)C1. The number of carboxylic acid groups (broad SMARTS) is 1. The van der Waals surface area contributed by atoms with E-state index in [0.717, 1.165) is 38.8 Å². The molecule has 1 aliphatic heterocycles. The van der Waals surface area contributed by atoms with E-state index in [1.54, 1.807) is 0 Å². The fourth-order valence-electron chi connectivity index (χ4n) is 2.58. The van der Waals surface area contributed by atoms with Gasteiger partial charge in [-0.25, -0.2) is 4.79 Å². The molecule has 2 N–H and O–H groups in total. The lowest BCUT2D eigenvalue weighted by Crippen LogP contribution is -2.47. The number of amides is 2. The Balaban J connectivity index is 2.40. The molecular formula is C14H26N2O3. The highest BCUT2D eigenvalue weighted by Gasteiger charge is 2.28. The number of hydrogen-bond acceptors (Lipinski definition) is 2. The van der Waals surface area contributed by atoms with Crippen LogP contribution in [0.25, 0.3) is 0 Å². The van der Waals surface area contributed by atoms with Crippen LogP contribution in [0.2, 0.25) is 0 Å². The molecule has 0 spiro atoms. The van der Waals surface area contributed by atoms with Crippen LogP contribution < -0.4 is 5.32 Å². The number of carbonyl (C=O) groups is 2. The number of urea groups is 1. The number of carboxylic acids is 1. The highest BCUT2D eigenvalue weighted by molar-refractivity contribution is 5.74. The molecule has 1 aliphatic rings. The Hall–Kier alpha value is -1.26. The van der Waals surface area contributed by atoms with Crippen molar-refractivity contribution in [2.75, 3.05) is 19.6 Å². The summed E-state index contributed by atoms with van der Waals surface area (Å²) in [6, 6.07) is 0.000625. The minimum Gasteiger partial charge on any atom is -0.481 e. The van der Waals surface area contributed by atoms with Gasteiger partial charge >= 0.3 is 12.0 Å². The number of rotatable bonds is 6. The lowest BCUT2D eigenvalue weighted by atomic mass is 9.85. The van der Waals surface area contributed by atoms with E-state index in [1.165, 1.54) is 0 Å². The molecule has 1 fully saturated rings. The lowest BCUT2D eigenvalue weighted by molar-refractivity contribution is -0.138. The molecule has 110 valence electrons. The predicted octanol–water partition coefficient (Wildman–Crippen LogP) is 2.32. The number of carbonyl (C=O) groups excluding carboxylic acids is 1. The topological polar surface area (TPSA) is 69.6 Å². The van der Waals surface area contributed by atoms with Gasteiger partial charge in [0, 0.05) is 26.1 Å². The predicted molar refractivity (Wildman–Crippen MR) is 74.0 cm³/mol.